The third-order valence-corrected chi connectivity index (χ3v) is 6.35. The fraction of sp³-hybridized carbons (Fsp3) is 0.273. The molecule has 0 spiro atoms. The van der Waals surface area contributed by atoms with Crippen molar-refractivity contribution in [3.05, 3.63) is 60.0 Å². The van der Waals surface area contributed by atoms with Gasteiger partial charge in [-0.1, -0.05) is 11.8 Å². The van der Waals surface area contributed by atoms with Crippen LogP contribution in [0.5, 0.6) is 0 Å². The van der Waals surface area contributed by atoms with Gasteiger partial charge in [0.25, 0.3) is 5.91 Å². The van der Waals surface area contributed by atoms with Gasteiger partial charge >= 0.3 is 0 Å². The van der Waals surface area contributed by atoms with E-state index in [1.807, 2.05) is 30.3 Å². The Morgan fingerprint density at radius 3 is 2.69 bits per heavy atom. The van der Waals surface area contributed by atoms with E-state index in [1.165, 1.54) is 17.8 Å². The summed E-state index contributed by atoms with van der Waals surface area (Å²) in [6, 6.07) is 8.67. The summed E-state index contributed by atoms with van der Waals surface area (Å²) in [6.07, 6.45) is 8.08. The van der Waals surface area contributed by atoms with E-state index in [-0.39, 0.29) is 35.3 Å². The third kappa shape index (κ3) is 4.01. The molecule has 3 aromatic rings. The number of nitrogen functional groups attached to an aromatic ring is 2. The Bertz CT molecular complexity index is 1150. The number of hydrazone groups is 1. The number of hydrogen-bond acceptors (Lipinski definition) is 9. The lowest BCUT2D eigenvalue weighted by atomic mass is 9.79. The lowest BCUT2D eigenvalue weighted by Gasteiger charge is -2.27. The summed E-state index contributed by atoms with van der Waals surface area (Å²) >= 11 is 1.18. The summed E-state index contributed by atoms with van der Waals surface area (Å²) in [6.45, 7) is 0. The molecule has 1 saturated carbocycles. The standard InChI is InChI=1S/C22H22N6O3S/c23-17-11-18(24)26-22(25-17)32-12-19(29)28-21(16-7-3-9-31-16)15-6-1-4-13(20(15)27-28)10-14-5-2-8-30-14/h2-3,5,7-11,15,21H,1,4,6,12H2,(H4,23,24,25,26). The monoisotopic (exact) mass is 450 g/mol. The van der Waals surface area contributed by atoms with Crippen LogP contribution < -0.4 is 11.5 Å². The van der Waals surface area contributed by atoms with Crippen LogP contribution in [-0.2, 0) is 4.79 Å². The number of rotatable bonds is 5. The second-order valence-electron chi connectivity index (χ2n) is 7.66. The Labute approximate surface area is 188 Å². The van der Waals surface area contributed by atoms with Crippen LogP contribution in [0.15, 0.2) is 67.5 Å². The van der Waals surface area contributed by atoms with Gasteiger partial charge in [0.1, 0.15) is 29.2 Å². The van der Waals surface area contributed by atoms with Gasteiger partial charge in [-0.15, -0.1) is 0 Å². The van der Waals surface area contributed by atoms with Gasteiger partial charge in [-0.05, 0) is 55.2 Å². The highest BCUT2D eigenvalue weighted by molar-refractivity contribution is 7.99. The number of anilines is 2. The molecule has 1 aliphatic carbocycles. The highest BCUT2D eigenvalue weighted by Crippen LogP contribution is 2.44. The highest BCUT2D eigenvalue weighted by Gasteiger charge is 2.45. The number of carbonyl (C=O) groups is 1. The van der Waals surface area contributed by atoms with E-state index in [2.05, 4.69) is 9.97 Å². The van der Waals surface area contributed by atoms with Crippen molar-refractivity contribution in [1.82, 2.24) is 15.0 Å². The van der Waals surface area contributed by atoms with Crippen molar-refractivity contribution in [2.45, 2.75) is 30.5 Å². The molecule has 4 heterocycles. The zero-order valence-electron chi connectivity index (χ0n) is 17.2. The Balaban J connectivity index is 1.43. The zero-order chi connectivity index (χ0) is 22.1. The molecule has 2 atom stereocenters. The van der Waals surface area contributed by atoms with Gasteiger partial charge < -0.3 is 20.3 Å². The number of nitrogens with two attached hydrogens (primary N) is 2. The molecule has 1 aliphatic heterocycles. The van der Waals surface area contributed by atoms with E-state index in [4.69, 9.17) is 25.4 Å². The van der Waals surface area contributed by atoms with E-state index in [9.17, 15) is 4.79 Å². The number of hydrogen-bond donors (Lipinski definition) is 2. The highest BCUT2D eigenvalue weighted by atomic mass is 32.2. The summed E-state index contributed by atoms with van der Waals surface area (Å²) in [7, 11) is 0. The Kier molecular flexibility index (Phi) is 5.44. The molecular weight excluding hydrogens is 428 g/mol. The number of furan rings is 2. The largest absolute Gasteiger partial charge is 0.467 e. The number of thioether (sulfide) groups is 1. The molecule has 0 radical (unpaired) electrons. The van der Waals surface area contributed by atoms with Crippen LogP contribution in [0.2, 0.25) is 0 Å². The zero-order valence-corrected chi connectivity index (χ0v) is 18.0. The summed E-state index contributed by atoms with van der Waals surface area (Å²) in [5.41, 5.74) is 13.5. The van der Waals surface area contributed by atoms with Crippen molar-refractivity contribution < 1.29 is 13.6 Å². The molecule has 10 heteroatoms. The molecule has 0 saturated heterocycles. The van der Waals surface area contributed by atoms with Crippen molar-refractivity contribution in [3.63, 3.8) is 0 Å². The van der Waals surface area contributed by atoms with Crippen LogP contribution in [0.1, 0.15) is 36.8 Å². The van der Waals surface area contributed by atoms with Gasteiger partial charge in [-0.3, -0.25) is 4.79 Å². The predicted molar refractivity (Wildman–Crippen MR) is 121 cm³/mol. The van der Waals surface area contributed by atoms with E-state index >= 15 is 0 Å². The molecule has 3 aromatic heterocycles. The predicted octanol–water partition coefficient (Wildman–Crippen LogP) is 3.74. The fourth-order valence-electron chi connectivity index (χ4n) is 4.21. The minimum absolute atomic E-state index is 0.0596. The topological polar surface area (TPSA) is 137 Å². The Morgan fingerprint density at radius 1 is 1.19 bits per heavy atom. The molecule has 9 nitrogen and oxygen atoms in total. The molecule has 32 heavy (non-hydrogen) atoms. The molecule has 4 N–H and O–H groups in total. The van der Waals surface area contributed by atoms with Crippen molar-refractivity contribution in [2.75, 3.05) is 17.2 Å². The molecular formula is C22H22N6O3S. The lowest BCUT2D eigenvalue weighted by Crippen LogP contribution is -2.32. The van der Waals surface area contributed by atoms with E-state index in [1.54, 1.807) is 17.5 Å². The van der Waals surface area contributed by atoms with Crippen LogP contribution in [-0.4, -0.2) is 32.3 Å². The van der Waals surface area contributed by atoms with E-state index in [0.29, 0.717) is 5.16 Å². The molecule has 0 bridgehead atoms. The number of nitrogens with zero attached hydrogens (tertiary/aromatic N) is 4. The average molecular weight is 451 g/mol. The van der Waals surface area contributed by atoms with Crippen LogP contribution in [0.25, 0.3) is 6.08 Å². The molecule has 0 aromatic carbocycles. The molecule has 2 aliphatic rings. The van der Waals surface area contributed by atoms with Crippen LogP contribution in [0, 0.1) is 5.92 Å². The molecule has 5 rings (SSSR count). The van der Waals surface area contributed by atoms with Gasteiger partial charge in [0.2, 0.25) is 0 Å². The van der Waals surface area contributed by atoms with Crippen LogP contribution in [0.3, 0.4) is 0 Å². The van der Waals surface area contributed by atoms with E-state index < -0.39 is 0 Å². The summed E-state index contributed by atoms with van der Waals surface area (Å²) in [4.78, 5) is 21.5. The normalized spacial score (nSPS) is 21.6. The first-order chi connectivity index (χ1) is 15.6. The molecule has 2 unspecified atom stereocenters. The Hall–Kier alpha value is -3.53. The number of fused-ring (bicyclic) bond motifs is 1. The van der Waals surface area contributed by atoms with Gasteiger partial charge in [0.15, 0.2) is 5.16 Å². The lowest BCUT2D eigenvalue weighted by molar-refractivity contribution is -0.131. The number of aromatic nitrogens is 2. The smallest absolute Gasteiger partial charge is 0.253 e. The van der Waals surface area contributed by atoms with Crippen molar-refractivity contribution in [1.29, 1.82) is 0 Å². The second kappa shape index (κ2) is 8.54. The quantitative estimate of drug-likeness (QED) is 0.443. The Morgan fingerprint density at radius 2 is 1.97 bits per heavy atom. The van der Waals surface area contributed by atoms with Crippen LogP contribution in [0.4, 0.5) is 11.6 Å². The minimum atomic E-state index is -0.291. The third-order valence-electron chi connectivity index (χ3n) is 5.52. The number of amides is 1. The van der Waals surface area contributed by atoms with Gasteiger partial charge in [0, 0.05) is 12.0 Å². The van der Waals surface area contributed by atoms with Crippen molar-refractivity contribution in [3.8, 4) is 0 Å². The van der Waals surface area contributed by atoms with Gasteiger partial charge in [-0.2, -0.15) is 5.10 Å². The maximum Gasteiger partial charge on any atom is 0.253 e. The first-order valence-corrected chi connectivity index (χ1v) is 11.3. The molecule has 164 valence electrons. The van der Waals surface area contributed by atoms with Gasteiger partial charge in [-0.25, -0.2) is 15.0 Å². The summed E-state index contributed by atoms with van der Waals surface area (Å²) in [5, 5.41) is 6.68. The minimum Gasteiger partial charge on any atom is -0.467 e. The van der Waals surface area contributed by atoms with Crippen LogP contribution >= 0.6 is 11.8 Å². The molecule has 1 amide bonds. The number of allylic oxidation sites excluding steroid dienone is 1. The average Bonchev–Trinajstić information content (AvgIpc) is 3.52. The summed E-state index contributed by atoms with van der Waals surface area (Å²) < 4.78 is 11.2. The first-order valence-electron chi connectivity index (χ1n) is 10.3. The maximum absolute atomic E-state index is 13.3. The maximum atomic E-state index is 13.3. The van der Waals surface area contributed by atoms with Crippen molar-refractivity contribution in [2.24, 2.45) is 11.0 Å². The first kappa shape index (κ1) is 20.4. The SMILES string of the molecule is Nc1cc(N)nc(SCC(=O)N2N=C3C(=Cc4ccco4)CCCC3C2c2ccco2)n1. The fourth-order valence-corrected chi connectivity index (χ4v) is 4.93. The summed E-state index contributed by atoms with van der Waals surface area (Å²) in [5.74, 6) is 2.01. The van der Waals surface area contributed by atoms with Gasteiger partial charge in [0.05, 0.1) is 24.0 Å². The number of carbonyl (C=O) groups excluding carboxylic acids is 1. The second-order valence-corrected chi connectivity index (χ2v) is 8.60. The van der Waals surface area contributed by atoms with E-state index in [0.717, 1.165) is 42.1 Å². The molecule has 1 fully saturated rings. The van der Waals surface area contributed by atoms with Crippen molar-refractivity contribution >= 4 is 41.1 Å².